The van der Waals surface area contributed by atoms with E-state index < -0.39 is 0 Å². The highest BCUT2D eigenvalue weighted by atomic mass is 16.5. The molecule has 0 aromatic heterocycles. The van der Waals surface area contributed by atoms with Gasteiger partial charge in [0.05, 0.1) is 7.11 Å². The monoisotopic (exact) mass is 269 g/mol. The lowest BCUT2D eigenvalue weighted by atomic mass is 9.98. The van der Waals surface area contributed by atoms with Gasteiger partial charge in [0.15, 0.2) is 0 Å². The van der Waals surface area contributed by atoms with E-state index in [2.05, 4.69) is 61.5 Å². The quantitative estimate of drug-likeness (QED) is 0.797. The zero-order chi connectivity index (χ0) is 14.4. The standard InChI is InChI=1S/C18H23NO/c1-19(2)17(13-15-7-5-4-6-8-15)14-16-9-11-18(20-3)12-10-16/h4-12,17H,13-14H2,1-3H3. The Labute approximate surface area is 122 Å². The van der Waals surface area contributed by atoms with Gasteiger partial charge in [-0.2, -0.15) is 0 Å². The third kappa shape index (κ3) is 4.10. The van der Waals surface area contributed by atoms with Crippen LogP contribution in [0.2, 0.25) is 0 Å². The van der Waals surface area contributed by atoms with Crippen LogP contribution in [-0.2, 0) is 12.8 Å². The molecule has 0 aliphatic carbocycles. The zero-order valence-corrected chi connectivity index (χ0v) is 12.5. The predicted octanol–water partition coefficient (Wildman–Crippen LogP) is 3.41. The molecule has 2 heteroatoms. The summed E-state index contributed by atoms with van der Waals surface area (Å²) < 4.78 is 5.21. The van der Waals surface area contributed by atoms with Gasteiger partial charge in [0.25, 0.3) is 0 Å². The van der Waals surface area contributed by atoms with Crippen LogP contribution < -0.4 is 4.74 Å². The molecule has 106 valence electrons. The average Bonchev–Trinajstić information content (AvgIpc) is 2.48. The summed E-state index contributed by atoms with van der Waals surface area (Å²) >= 11 is 0. The van der Waals surface area contributed by atoms with Gasteiger partial charge < -0.3 is 9.64 Å². The number of hydrogen-bond acceptors (Lipinski definition) is 2. The van der Waals surface area contributed by atoms with Crippen molar-refractivity contribution in [1.29, 1.82) is 0 Å². The minimum absolute atomic E-state index is 0.505. The van der Waals surface area contributed by atoms with E-state index in [4.69, 9.17) is 4.74 Å². The Kier molecular flexibility index (Phi) is 5.19. The van der Waals surface area contributed by atoms with Gasteiger partial charge in [-0.1, -0.05) is 42.5 Å². The van der Waals surface area contributed by atoms with Gasteiger partial charge in [-0.25, -0.2) is 0 Å². The van der Waals surface area contributed by atoms with E-state index in [1.165, 1.54) is 11.1 Å². The van der Waals surface area contributed by atoms with Gasteiger partial charge in [0.2, 0.25) is 0 Å². The average molecular weight is 269 g/mol. The van der Waals surface area contributed by atoms with Crippen molar-refractivity contribution in [2.75, 3.05) is 21.2 Å². The lowest BCUT2D eigenvalue weighted by Gasteiger charge is -2.24. The van der Waals surface area contributed by atoms with E-state index in [-0.39, 0.29) is 0 Å². The minimum atomic E-state index is 0.505. The van der Waals surface area contributed by atoms with Crippen LogP contribution in [-0.4, -0.2) is 32.1 Å². The molecule has 0 N–H and O–H groups in total. The van der Waals surface area contributed by atoms with E-state index >= 15 is 0 Å². The van der Waals surface area contributed by atoms with E-state index in [0.717, 1.165) is 18.6 Å². The highest BCUT2D eigenvalue weighted by Gasteiger charge is 2.13. The van der Waals surface area contributed by atoms with Crippen LogP contribution in [0.15, 0.2) is 54.6 Å². The second-order valence-corrected chi connectivity index (χ2v) is 5.36. The van der Waals surface area contributed by atoms with Crippen LogP contribution >= 0.6 is 0 Å². The number of hydrogen-bond donors (Lipinski definition) is 0. The Morgan fingerprint density at radius 3 is 1.90 bits per heavy atom. The molecule has 1 unspecified atom stereocenters. The maximum Gasteiger partial charge on any atom is 0.118 e. The molecule has 0 aliphatic heterocycles. The van der Waals surface area contributed by atoms with Gasteiger partial charge in [0, 0.05) is 6.04 Å². The summed E-state index contributed by atoms with van der Waals surface area (Å²) in [4.78, 5) is 2.30. The molecule has 0 fully saturated rings. The number of rotatable bonds is 6. The molecule has 2 aromatic carbocycles. The second-order valence-electron chi connectivity index (χ2n) is 5.36. The second kappa shape index (κ2) is 7.11. The molecule has 0 aliphatic rings. The number of likely N-dealkylation sites (N-methyl/N-ethyl adjacent to an activating group) is 1. The third-order valence-corrected chi connectivity index (χ3v) is 3.67. The normalized spacial score (nSPS) is 12.4. The summed E-state index contributed by atoms with van der Waals surface area (Å²) in [5, 5.41) is 0. The number of methoxy groups -OCH3 is 1. The van der Waals surface area contributed by atoms with Crippen LogP contribution in [0.1, 0.15) is 11.1 Å². The first-order valence-electron chi connectivity index (χ1n) is 7.02. The fraction of sp³-hybridized carbons (Fsp3) is 0.333. The van der Waals surface area contributed by atoms with Gasteiger partial charge in [-0.15, -0.1) is 0 Å². The molecule has 0 spiro atoms. The van der Waals surface area contributed by atoms with Crippen LogP contribution in [0, 0.1) is 0 Å². The van der Waals surface area contributed by atoms with Crippen molar-refractivity contribution >= 4 is 0 Å². The van der Waals surface area contributed by atoms with Crippen molar-refractivity contribution in [3.63, 3.8) is 0 Å². The van der Waals surface area contributed by atoms with Crippen LogP contribution in [0.3, 0.4) is 0 Å². The van der Waals surface area contributed by atoms with Gasteiger partial charge in [-0.3, -0.25) is 0 Å². The molecule has 20 heavy (non-hydrogen) atoms. The Bertz CT molecular complexity index is 505. The summed E-state index contributed by atoms with van der Waals surface area (Å²) in [5.41, 5.74) is 2.74. The fourth-order valence-electron chi connectivity index (χ4n) is 2.36. The molecule has 0 bridgehead atoms. The molecule has 1 atom stereocenters. The van der Waals surface area contributed by atoms with E-state index in [1.807, 2.05) is 12.1 Å². The molecule has 0 heterocycles. The Morgan fingerprint density at radius 2 is 1.40 bits per heavy atom. The van der Waals surface area contributed by atoms with E-state index in [1.54, 1.807) is 7.11 Å². The first-order chi connectivity index (χ1) is 9.69. The molecule has 0 saturated carbocycles. The third-order valence-electron chi connectivity index (χ3n) is 3.67. The lowest BCUT2D eigenvalue weighted by molar-refractivity contribution is 0.289. The number of nitrogens with zero attached hydrogens (tertiary/aromatic N) is 1. The molecule has 2 aromatic rings. The zero-order valence-electron chi connectivity index (χ0n) is 12.5. The Morgan fingerprint density at radius 1 is 0.850 bits per heavy atom. The van der Waals surface area contributed by atoms with Crippen molar-refractivity contribution in [1.82, 2.24) is 4.90 Å². The highest BCUT2D eigenvalue weighted by Crippen LogP contribution is 2.16. The highest BCUT2D eigenvalue weighted by molar-refractivity contribution is 5.28. The summed E-state index contributed by atoms with van der Waals surface area (Å²) in [6.45, 7) is 0. The van der Waals surface area contributed by atoms with Crippen LogP contribution in [0.5, 0.6) is 5.75 Å². The van der Waals surface area contributed by atoms with Gasteiger partial charge in [0.1, 0.15) is 5.75 Å². The van der Waals surface area contributed by atoms with Crippen molar-refractivity contribution in [3.8, 4) is 5.75 Å². The molecular formula is C18H23NO. The maximum atomic E-state index is 5.21. The molecule has 0 saturated heterocycles. The molecule has 0 radical (unpaired) electrons. The topological polar surface area (TPSA) is 12.5 Å². The summed E-state index contributed by atoms with van der Waals surface area (Å²) in [6, 6.07) is 19.6. The molecule has 2 nitrogen and oxygen atoms in total. The van der Waals surface area contributed by atoms with Crippen molar-refractivity contribution in [2.45, 2.75) is 18.9 Å². The molecular weight excluding hydrogens is 246 g/mol. The first kappa shape index (κ1) is 14.6. The van der Waals surface area contributed by atoms with E-state index in [9.17, 15) is 0 Å². The van der Waals surface area contributed by atoms with E-state index in [0.29, 0.717) is 6.04 Å². The maximum absolute atomic E-state index is 5.21. The minimum Gasteiger partial charge on any atom is -0.497 e. The Hall–Kier alpha value is -1.80. The fourth-order valence-corrected chi connectivity index (χ4v) is 2.36. The van der Waals surface area contributed by atoms with Gasteiger partial charge >= 0.3 is 0 Å². The SMILES string of the molecule is COc1ccc(CC(Cc2ccccc2)N(C)C)cc1. The first-order valence-corrected chi connectivity index (χ1v) is 7.02. The molecule has 0 amide bonds. The lowest BCUT2D eigenvalue weighted by Crippen LogP contribution is -2.32. The van der Waals surface area contributed by atoms with Gasteiger partial charge in [-0.05, 0) is 50.2 Å². The van der Waals surface area contributed by atoms with Crippen molar-refractivity contribution < 1.29 is 4.74 Å². The summed E-state index contributed by atoms with van der Waals surface area (Å²) in [5.74, 6) is 0.915. The predicted molar refractivity (Wildman–Crippen MR) is 84.3 cm³/mol. The van der Waals surface area contributed by atoms with Crippen molar-refractivity contribution in [2.24, 2.45) is 0 Å². The summed E-state index contributed by atoms with van der Waals surface area (Å²) in [7, 11) is 6.00. The largest absolute Gasteiger partial charge is 0.497 e. The summed E-state index contributed by atoms with van der Waals surface area (Å²) in [6.07, 6.45) is 2.12. The van der Waals surface area contributed by atoms with Crippen molar-refractivity contribution in [3.05, 3.63) is 65.7 Å². The van der Waals surface area contributed by atoms with Crippen LogP contribution in [0.25, 0.3) is 0 Å². The Balaban J connectivity index is 2.05. The van der Waals surface area contributed by atoms with Crippen LogP contribution in [0.4, 0.5) is 0 Å². The number of benzene rings is 2. The molecule has 2 rings (SSSR count). The number of ether oxygens (including phenoxy) is 1. The smallest absolute Gasteiger partial charge is 0.118 e.